The minimum Gasteiger partial charge on any atom is -0.480 e. The van der Waals surface area contributed by atoms with Gasteiger partial charge in [0.15, 0.2) is 0 Å². The van der Waals surface area contributed by atoms with Gasteiger partial charge < -0.3 is 10.4 Å². The third-order valence-electron chi connectivity index (χ3n) is 2.47. The molecule has 0 radical (unpaired) electrons. The fourth-order valence-electron chi connectivity index (χ4n) is 1.55. The lowest BCUT2D eigenvalue weighted by Gasteiger charge is -2.33. The fraction of sp³-hybridized carbons (Fsp3) is 0.889. The molecule has 0 atom stereocenters. The maximum Gasteiger partial charge on any atom is 0.323 e. The van der Waals surface area contributed by atoms with Gasteiger partial charge in [0.25, 0.3) is 0 Å². The SMILES string of the molecule is CCCNC1(C(=O)O)CCSCC1. The van der Waals surface area contributed by atoms with Gasteiger partial charge in [0.05, 0.1) is 0 Å². The quantitative estimate of drug-likeness (QED) is 0.724. The predicted molar refractivity (Wildman–Crippen MR) is 55.2 cm³/mol. The van der Waals surface area contributed by atoms with Crippen molar-refractivity contribution in [2.24, 2.45) is 0 Å². The smallest absolute Gasteiger partial charge is 0.323 e. The lowest BCUT2D eigenvalue weighted by molar-refractivity contribution is -0.145. The second-order valence-electron chi connectivity index (χ2n) is 3.43. The summed E-state index contributed by atoms with van der Waals surface area (Å²) in [5, 5.41) is 12.3. The summed E-state index contributed by atoms with van der Waals surface area (Å²) in [4.78, 5) is 11.1. The number of rotatable bonds is 4. The summed E-state index contributed by atoms with van der Waals surface area (Å²) >= 11 is 1.84. The van der Waals surface area contributed by atoms with Crippen molar-refractivity contribution in [1.29, 1.82) is 0 Å². The van der Waals surface area contributed by atoms with E-state index in [2.05, 4.69) is 12.2 Å². The van der Waals surface area contributed by atoms with E-state index in [1.165, 1.54) is 0 Å². The maximum absolute atomic E-state index is 11.1. The predicted octanol–water partition coefficient (Wildman–Crippen LogP) is 1.34. The van der Waals surface area contributed by atoms with Crippen LogP contribution in [0.5, 0.6) is 0 Å². The van der Waals surface area contributed by atoms with Gasteiger partial charge in [0.2, 0.25) is 0 Å². The molecule has 2 N–H and O–H groups in total. The van der Waals surface area contributed by atoms with E-state index in [1.807, 2.05) is 11.8 Å². The average molecular weight is 203 g/mol. The standard InChI is InChI=1S/C9H17NO2S/c1-2-5-10-9(8(11)12)3-6-13-7-4-9/h10H,2-7H2,1H3,(H,11,12). The van der Waals surface area contributed by atoms with Gasteiger partial charge in [0, 0.05) is 0 Å². The Morgan fingerprint density at radius 3 is 2.62 bits per heavy atom. The Hall–Kier alpha value is -0.220. The number of aliphatic carboxylic acids is 1. The summed E-state index contributed by atoms with van der Waals surface area (Å²) in [6.45, 7) is 2.86. The highest BCUT2D eigenvalue weighted by Gasteiger charge is 2.38. The molecule has 0 unspecified atom stereocenters. The minimum atomic E-state index is -0.679. The fourth-order valence-corrected chi connectivity index (χ4v) is 2.74. The lowest BCUT2D eigenvalue weighted by Crippen LogP contribution is -2.54. The summed E-state index contributed by atoms with van der Waals surface area (Å²) in [7, 11) is 0. The lowest BCUT2D eigenvalue weighted by atomic mass is 9.92. The number of nitrogens with one attached hydrogen (secondary N) is 1. The molecule has 0 saturated carbocycles. The second-order valence-corrected chi connectivity index (χ2v) is 4.65. The van der Waals surface area contributed by atoms with Crippen molar-refractivity contribution in [3.63, 3.8) is 0 Å². The van der Waals surface area contributed by atoms with E-state index in [1.54, 1.807) is 0 Å². The van der Waals surface area contributed by atoms with Gasteiger partial charge in [-0.15, -0.1) is 0 Å². The van der Waals surface area contributed by atoms with E-state index in [9.17, 15) is 4.79 Å². The molecule has 0 aromatic rings. The first-order chi connectivity index (χ1) is 6.21. The normalized spacial score (nSPS) is 21.3. The van der Waals surface area contributed by atoms with Crippen LogP contribution in [0.1, 0.15) is 26.2 Å². The topological polar surface area (TPSA) is 49.3 Å². The van der Waals surface area contributed by atoms with Crippen molar-refractivity contribution in [2.75, 3.05) is 18.1 Å². The maximum atomic E-state index is 11.1. The molecular weight excluding hydrogens is 186 g/mol. The van der Waals surface area contributed by atoms with Crippen LogP contribution >= 0.6 is 11.8 Å². The highest BCUT2D eigenvalue weighted by atomic mass is 32.2. The molecule has 0 aromatic carbocycles. The van der Waals surface area contributed by atoms with E-state index in [4.69, 9.17) is 5.11 Å². The molecule has 76 valence electrons. The van der Waals surface area contributed by atoms with Crippen molar-refractivity contribution in [3.8, 4) is 0 Å². The van der Waals surface area contributed by atoms with Crippen LogP contribution in [0.4, 0.5) is 0 Å². The van der Waals surface area contributed by atoms with Crippen molar-refractivity contribution in [3.05, 3.63) is 0 Å². The van der Waals surface area contributed by atoms with E-state index in [0.717, 1.165) is 37.3 Å². The van der Waals surface area contributed by atoms with Crippen molar-refractivity contribution in [2.45, 2.75) is 31.7 Å². The number of hydrogen-bond donors (Lipinski definition) is 2. The number of hydrogen-bond acceptors (Lipinski definition) is 3. The molecule has 1 heterocycles. The molecular formula is C9H17NO2S. The number of carboxylic acid groups (broad SMARTS) is 1. The molecule has 0 amide bonds. The van der Waals surface area contributed by atoms with Gasteiger partial charge in [-0.25, -0.2) is 0 Å². The van der Waals surface area contributed by atoms with E-state index < -0.39 is 11.5 Å². The van der Waals surface area contributed by atoms with Gasteiger partial charge in [-0.1, -0.05) is 6.92 Å². The van der Waals surface area contributed by atoms with E-state index >= 15 is 0 Å². The summed E-state index contributed by atoms with van der Waals surface area (Å²) in [5.41, 5.74) is -0.624. The van der Waals surface area contributed by atoms with Crippen LogP contribution in [0.2, 0.25) is 0 Å². The first kappa shape index (κ1) is 10.9. The largest absolute Gasteiger partial charge is 0.480 e. The molecule has 1 aliphatic rings. The summed E-state index contributed by atoms with van der Waals surface area (Å²) < 4.78 is 0. The Morgan fingerprint density at radius 2 is 2.15 bits per heavy atom. The minimum absolute atomic E-state index is 0.624. The van der Waals surface area contributed by atoms with Gasteiger partial charge in [-0.05, 0) is 37.3 Å². The van der Waals surface area contributed by atoms with Crippen LogP contribution in [0, 0.1) is 0 Å². The Morgan fingerprint density at radius 1 is 1.54 bits per heavy atom. The van der Waals surface area contributed by atoms with Gasteiger partial charge in [-0.2, -0.15) is 11.8 Å². The summed E-state index contributed by atoms with van der Waals surface area (Å²) in [5.74, 6) is 1.24. The molecule has 4 heteroatoms. The molecule has 1 aliphatic heterocycles. The second kappa shape index (κ2) is 4.86. The van der Waals surface area contributed by atoms with Gasteiger partial charge >= 0.3 is 5.97 Å². The molecule has 0 bridgehead atoms. The molecule has 0 aliphatic carbocycles. The highest BCUT2D eigenvalue weighted by molar-refractivity contribution is 7.99. The molecule has 0 aromatic heterocycles. The molecule has 1 saturated heterocycles. The summed E-state index contributed by atoms with van der Waals surface area (Å²) in [6, 6.07) is 0. The Balaban J connectivity index is 2.56. The first-order valence-corrected chi connectivity index (χ1v) is 5.93. The van der Waals surface area contributed by atoms with Crippen molar-refractivity contribution in [1.82, 2.24) is 5.32 Å². The molecule has 3 nitrogen and oxygen atoms in total. The number of thioether (sulfide) groups is 1. The summed E-state index contributed by atoms with van der Waals surface area (Å²) in [6.07, 6.45) is 2.50. The van der Waals surface area contributed by atoms with Crippen molar-refractivity contribution >= 4 is 17.7 Å². The highest BCUT2D eigenvalue weighted by Crippen LogP contribution is 2.27. The Labute approximate surface area is 83.3 Å². The zero-order chi connectivity index (χ0) is 9.73. The molecule has 13 heavy (non-hydrogen) atoms. The average Bonchev–Trinajstić information content (AvgIpc) is 2.16. The zero-order valence-corrected chi connectivity index (χ0v) is 8.82. The Kier molecular flexibility index (Phi) is 4.06. The van der Waals surface area contributed by atoms with Crippen LogP contribution in [0.3, 0.4) is 0 Å². The van der Waals surface area contributed by atoms with Crippen LogP contribution < -0.4 is 5.32 Å². The third-order valence-corrected chi connectivity index (χ3v) is 3.45. The number of carboxylic acids is 1. The van der Waals surface area contributed by atoms with Crippen molar-refractivity contribution < 1.29 is 9.90 Å². The Bertz CT molecular complexity index is 178. The van der Waals surface area contributed by atoms with E-state index in [0.29, 0.717) is 0 Å². The zero-order valence-electron chi connectivity index (χ0n) is 8.01. The van der Waals surface area contributed by atoms with Crippen LogP contribution in [0.25, 0.3) is 0 Å². The van der Waals surface area contributed by atoms with Gasteiger partial charge in [-0.3, -0.25) is 4.79 Å². The molecule has 1 rings (SSSR count). The third kappa shape index (κ3) is 2.61. The van der Waals surface area contributed by atoms with Crippen LogP contribution in [-0.2, 0) is 4.79 Å². The van der Waals surface area contributed by atoms with E-state index in [-0.39, 0.29) is 0 Å². The molecule has 0 spiro atoms. The van der Waals surface area contributed by atoms with Crippen LogP contribution in [0.15, 0.2) is 0 Å². The monoisotopic (exact) mass is 203 g/mol. The van der Waals surface area contributed by atoms with Crippen LogP contribution in [-0.4, -0.2) is 34.7 Å². The molecule has 1 fully saturated rings. The number of carbonyl (C=O) groups is 1. The first-order valence-electron chi connectivity index (χ1n) is 4.77. The van der Waals surface area contributed by atoms with Gasteiger partial charge in [0.1, 0.15) is 5.54 Å².